The van der Waals surface area contributed by atoms with E-state index in [1.54, 1.807) is 0 Å². The second kappa shape index (κ2) is 6.63. The van der Waals surface area contributed by atoms with Crippen LogP contribution in [-0.2, 0) is 11.2 Å². The minimum Gasteiger partial charge on any atom is -0.426 e. The van der Waals surface area contributed by atoms with Crippen molar-refractivity contribution in [3.05, 3.63) is 75.2 Å². The number of esters is 1. The molecule has 0 N–H and O–H groups in total. The molecular formula is C18H12Br2O2. The van der Waals surface area contributed by atoms with Crippen LogP contribution in [0.2, 0.25) is 0 Å². The maximum absolute atomic E-state index is 12.0. The molecular weight excluding hydrogens is 408 g/mol. The van der Waals surface area contributed by atoms with Crippen molar-refractivity contribution in [2.24, 2.45) is 0 Å². The molecule has 110 valence electrons. The van der Waals surface area contributed by atoms with Gasteiger partial charge in [-0.3, -0.25) is 4.79 Å². The molecule has 0 heterocycles. The third-order valence-electron chi connectivity index (χ3n) is 3.27. The SMILES string of the molecule is O=C(Cc1ccc(Br)cc1)Oc1ccc2cc(Br)ccc2c1. The van der Waals surface area contributed by atoms with Gasteiger partial charge in [-0.1, -0.05) is 56.1 Å². The Morgan fingerprint density at radius 1 is 0.818 bits per heavy atom. The molecule has 3 aromatic carbocycles. The summed E-state index contributed by atoms with van der Waals surface area (Å²) in [6, 6.07) is 19.3. The smallest absolute Gasteiger partial charge is 0.315 e. The first kappa shape index (κ1) is 15.3. The van der Waals surface area contributed by atoms with Crippen molar-refractivity contribution in [3.63, 3.8) is 0 Å². The van der Waals surface area contributed by atoms with E-state index in [0.717, 1.165) is 25.3 Å². The van der Waals surface area contributed by atoms with Crippen molar-refractivity contribution < 1.29 is 9.53 Å². The fourth-order valence-electron chi connectivity index (χ4n) is 2.19. The number of fused-ring (bicyclic) bond motifs is 1. The van der Waals surface area contributed by atoms with E-state index in [0.29, 0.717) is 5.75 Å². The molecule has 0 aliphatic carbocycles. The number of benzene rings is 3. The Bertz CT molecular complexity index is 826. The largest absolute Gasteiger partial charge is 0.426 e. The van der Waals surface area contributed by atoms with E-state index in [-0.39, 0.29) is 12.4 Å². The van der Waals surface area contributed by atoms with Gasteiger partial charge in [0.1, 0.15) is 5.75 Å². The average molecular weight is 420 g/mol. The quantitative estimate of drug-likeness (QED) is 0.413. The zero-order valence-electron chi connectivity index (χ0n) is 11.6. The predicted octanol–water partition coefficient (Wildman–Crippen LogP) is 5.51. The van der Waals surface area contributed by atoms with Gasteiger partial charge in [0.2, 0.25) is 0 Å². The zero-order valence-corrected chi connectivity index (χ0v) is 14.7. The third-order valence-corrected chi connectivity index (χ3v) is 4.29. The summed E-state index contributed by atoms with van der Waals surface area (Å²) in [4.78, 5) is 12.0. The third kappa shape index (κ3) is 3.76. The van der Waals surface area contributed by atoms with Crippen molar-refractivity contribution >= 4 is 48.6 Å². The monoisotopic (exact) mass is 418 g/mol. The Morgan fingerprint density at radius 3 is 2.23 bits per heavy atom. The summed E-state index contributed by atoms with van der Waals surface area (Å²) < 4.78 is 7.44. The van der Waals surface area contributed by atoms with Gasteiger partial charge in [0, 0.05) is 8.95 Å². The number of carbonyl (C=O) groups excluding carboxylic acids is 1. The summed E-state index contributed by atoms with van der Waals surface area (Å²) in [5.41, 5.74) is 0.929. The summed E-state index contributed by atoms with van der Waals surface area (Å²) >= 11 is 6.82. The second-order valence-corrected chi connectivity index (χ2v) is 6.76. The number of rotatable bonds is 3. The summed E-state index contributed by atoms with van der Waals surface area (Å²) in [5.74, 6) is 0.302. The first-order chi connectivity index (χ1) is 10.6. The molecule has 0 aliphatic rings. The number of hydrogen-bond donors (Lipinski definition) is 0. The van der Waals surface area contributed by atoms with Gasteiger partial charge >= 0.3 is 5.97 Å². The molecule has 2 nitrogen and oxygen atoms in total. The van der Waals surface area contributed by atoms with Gasteiger partial charge in [0.25, 0.3) is 0 Å². The van der Waals surface area contributed by atoms with E-state index in [9.17, 15) is 4.79 Å². The van der Waals surface area contributed by atoms with Gasteiger partial charge in [-0.05, 0) is 52.7 Å². The fourth-order valence-corrected chi connectivity index (χ4v) is 2.84. The van der Waals surface area contributed by atoms with Crippen LogP contribution in [0.3, 0.4) is 0 Å². The zero-order chi connectivity index (χ0) is 15.5. The van der Waals surface area contributed by atoms with Crippen LogP contribution in [-0.4, -0.2) is 5.97 Å². The van der Waals surface area contributed by atoms with Crippen molar-refractivity contribution in [2.75, 3.05) is 0 Å². The molecule has 0 aliphatic heterocycles. The van der Waals surface area contributed by atoms with Crippen LogP contribution >= 0.6 is 31.9 Å². The van der Waals surface area contributed by atoms with E-state index in [1.165, 1.54) is 0 Å². The molecule has 22 heavy (non-hydrogen) atoms. The highest BCUT2D eigenvalue weighted by Crippen LogP contribution is 2.24. The van der Waals surface area contributed by atoms with E-state index < -0.39 is 0 Å². The fraction of sp³-hybridized carbons (Fsp3) is 0.0556. The summed E-state index contributed by atoms with van der Waals surface area (Å²) in [5, 5.41) is 2.14. The van der Waals surface area contributed by atoms with Crippen LogP contribution < -0.4 is 4.74 Å². The normalized spacial score (nSPS) is 10.6. The average Bonchev–Trinajstić information content (AvgIpc) is 2.50. The Morgan fingerprint density at radius 2 is 1.45 bits per heavy atom. The molecule has 3 aromatic rings. The van der Waals surface area contributed by atoms with Gasteiger partial charge in [-0.25, -0.2) is 0 Å². The van der Waals surface area contributed by atoms with Crippen LogP contribution in [0.1, 0.15) is 5.56 Å². The highest BCUT2D eigenvalue weighted by atomic mass is 79.9. The van der Waals surface area contributed by atoms with Gasteiger partial charge in [-0.15, -0.1) is 0 Å². The first-order valence-corrected chi connectivity index (χ1v) is 8.33. The number of hydrogen-bond acceptors (Lipinski definition) is 2. The standard InChI is InChI=1S/C18H12Br2O2/c19-15-5-1-12(2-6-15)9-18(21)22-17-8-4-13-10-16(20)7-3-14(13)11-17/h1-8,10-11H,9H2. The van der Waals surface area contributed by atoms with E-state index in [4.69, 9.17) is 4.74 Å². The van der Waals surface area contributed by atoms with Crippen LogP contribution in [0.5, 0.6) is 5.75 Å². The lowest BCUT2D eigenvalue weighted by Crippen LogP contribution is -2.11. The van der Waals surface area contributed by atoms with Crippen LogP contribution in [0.15, 0.2) is 69.6 Å². The highest BCUT2D eigenvalue weighted by Gasteiger charge is 2.07. The molecule has 0 bridgehead atoms. The van der Waals surface area contributed by atoms with Crippen LogP contribution in [0, 0.1) is 0 Å². The van der Waals surface area contributed by atoms with Crippen molar-refractivity contribution in [2.45, 2.75) is 6.42 Å². The van der Waals surface area contributed by atoms with Crippen LogP contribution in [0.25, 0.3) is 10.8 Å². The van der Waals surface area contributed by atoms with Gasteiger partial charge in [-0.2, -0.15) is 0 Å². The van der Waals surface area contributed by atoms with Crippen molar-refractivity contribution in [1.29, 1.82) is 0 Å². The molecule has 0 saturated heterocycles. The molecule has 0 saturated carbocycles. The minimum absolute atomic E-state index is 0.256. The van der Waals surface area contributed by atoms with E-state index in [2.05, 4.69) is 31.9 Å². The Hall–Kier alpha value is -1.65. The number of halogens is 2. The lowest BCUT2D eigenvalue weighted by atomic mass is 10.1. The maximum Gasteiger partial charge on any atom is 0.315 e. The predicted molar refractivity (Wildman–Crippen MR) is 95.1 cm³/mol. The molecule has 0 spiro atoms. The van der Waals surface area contributed by atoms with Crippen molar-refractivity contribution in [1.82, 2.24) is 0 Å². The summed E-state index contributed by atoms with van der Waals surface area (Å²) in [6.45, 7) is 0. The maximum atomic E-state index is 12.0. The molecule has 0 atom stereocenters. The molecule has 0 amide bonds. The lowest BCUT2D eigenvalue weighted by molar-refractivity contribution is -0.133. The Balaban J connectivity index is 1.73. The minimum atomic E-state index is -0.265. The lowest BCUT2D eigenvalue weighted by Gasteiger charge is -2.06. The van der Waals surface area contributed by atoms with Gasteiger partial charge in [0.05, 0.1) is 6.42 Å². The van der Waals surface area contributed by atoms with Gasteiger partial charge in [0.15, 0.2) is 0 Å². The molecule has 0 fully saturated rings. The molecule has 0 aromatic heterocycles. The molecule has 0 unspecified atom stereocenters. The van der Waals surface area contributed by atoms with E-state index in [1.807, 2.05) is 60.7 Å². The summed E-state index contributed by atoms with van der Waals surface area (Å²) in [6.07, 6.45) is 0.256. The molecule has 3 rings (SSSR count). The van der Waals surface area contributed by atoms with Crippen molar-refractivity contribution in [3.8, 4) is 5.75 Å². The van der Waals surface area contributed by atoms with Crippen LogP contribution in [0.4, 0.5) is 0 Å². The topological polar surface area (TPSA) is 26.3 Å². The second-order valence-electron chi connectivity index (χ2n) is 4.93. The molecule has 0 radical (unpaired) electrons. The Kier molecular flexibility index (Phi) is 4.60. The number of ether oxygens (including phenoxy) is 1. The Labute approximate surface area is 145 Å². The summed E-state index contributed by atoms with van der Waals surface area (Å²) in [7, 11) is 0. The number of carbonyl (C=O) groups is 1. The first-order valence-electron chi connectivity index (χ1n) is 6.74. The van der Waals surface area contributed by atoms with Gasteiger partial charge < -0.3 is 4.74 Å². The highest BCUT2D eigenvalue weighted by molar-refractivity contribution is 9.10. The van der Waals surface area contributed by atoms with E-state index >= 15 is 0 Å². The molecule has 4 heteroatoms.